The Hall–Kier alpha value is -4.50. The van der Waals surface area contributed by atoms with Gasteiger partial charge < -0.3 is 5.32 Å². The maximum absolute atomic E-state index is 12.7. The van der Waals surface area contributed by atoms with Crippen molar-refractivity contribution in [2.24, 2.45) is 0 Å². The van der Waals surface area contributed by atoms with E-state index in [4.69, 9.17) is 0 Å². The molecule has 0 saturated heterocycles. The molecule has 4 heterocycles. The van der Waals surface area contributed by atoms with Gasteiger partial charge in [-0.15, -0.1) is 11.3 Å². The number of hydrogen-bond donors (Lipinski definition) is 2. The Bertz CT molecular complexity index is 1640. The largest absolute Gasteiger partial charge is 0.340 e. The maximum atomic E-state index is 12.7. The second kappa shape index (κ2) is 8.45. The Morgan fingerprint density at radius 2 is 1.91 bits per heavy atom. The molecule has 4 aromatic heterocycles. The number of aromatic nitrogens is 6. The van der Waals surface area contributed by atoms with Crippen LogP contribution in [0.15, 0.2) is 79.4 Å². The molecule has 0 bridgehead atoms. The van der Waals surface area contributed by atoms with Crippen LogP contribution in [0.2, 0.25) is 0 Å². The zero-order valence-electron chi connectivity index (χ0n) is 17.8. The van der Waals surface area contributed by atoms with Crippen molar-refractivity contribution in [1.82, 2.24) is 30.4 Å². The number of nitrogens with zero attached hydrogens (tertiary/aromatic N) is 5. The van der Waals surface area contributed by atoms with E-state index in [9.17, 15) is 4.79 Å². The van der Waals surface area contributed by atoms with Gasteiger partial charge in [-0.3, -0.25) is 9.89 Å². The van der Waals surface area contributed by atoms with E-state index < -0.39 is 0 Å². The molecule has 2 N–H and O–H groups in total. The number of rotatable bonds is 6. The first-order valence-electron chi connectivity index (χ1n) is 10.6. The molecule has 0 aliphatic rings. The molecule has 0 fully saturated rings. The number of ketones is 1. The van der Waals surface area contributed by atoms with E-state index in [0.717, 1.165) is 42.7 Å². The Labute approximate surface area is 197 Å². The number of nitrogens with one attached hydrogen (secondary N) is 2. The number of thiophene rings is 1. The molecule has 164 valence electrons. The van der Waals surface area contributed by atoms with Crippen LogP contribution in [0.4, 0.5) is 11.5 Å². The second-order valence-electron chi connectivity index (χ2n) is 7.78. The number of Topliss-reactive ketones (excluding diaryl/α,β-unsaturated/α-hetero) is 1. The minimum atomic E-state index is 0.0628. The van der Waals surface area contributed by atoms with Gasteiger partial charge in [0.2, 0.25) is 0 Å². The predicted molar refractivity (Wildman–Crippen MR) is 132 cm³/mol. The van der Waals surface area contributed by atoms with Crippen LogP contribution in [0, 0.1) is 0 Å². The molecule has 2 aromatic carbocycles. The lowest BCUT2D eigenvalue weighted by Crippen LogP contribution is -2.01. The highest BCUT2D eigenvalue weighted by atomic mass is 32.1. The van der Waals surface area contributed by atoms with E-state index in [1.54, 1.807) is 24.8 Å². The van der Waals surface area contributed by atoms with Crippen molar-refractivity contribution in [3.63, 3.8) is 0 Å². The summed E-state index contributed by atoms with van der Waals surface area (Å²) in [6, 6.07) is 17.5. The molecule has 0 unspecified atom stereocenters. The van der Waals surface area contributed by atoms with Crippen molar-refractivity contribution in [3.8, 4) is 11.4 Å². The smallest absolute Gasteiger partial charge is 0.177 e. The summed E-state index contributed by atoms with van der Waals surface area (Å²) in [6.07, 6.45) is 7.04. The van der Waals surface area contributed by atoms with Crippen LogP contribution in [-0.2, 0) is 6.42 Å². The fourth-order valence-corrected chi connectivity index (χ4v) is 4.78. The van der Waals surface area contributed by atoms with Crippen LogP contribution < -0.4 is 5.32 Å². The summed E-state index contributed by atoms with van der Waals surface area (Å²) in [5.74, 6) is 1.37. The fourth-order valence-electron chi connectivity index (χ4n) is 3.74. The van der Waals surface area contributed by atoms with Crippen molar-refractivity contribution in [1.29, 1.82) is 0 Å². The van der Waals surface area contributed by atoms with Crippen LogP contribution in [0.5, 0.6) is 0 Å². The topological polar surface area (TPSA) is 109 Å². The standard InChI is InChI=1S/C25H17N7OS/c33-21(9-15-5-8-27-28-13-15)23-11-16-1-2-17(12-22(16)34-23)25-26-7-6-24(31-25)30-19-3-4-20-18(10-19)14-29-32-20/h1-8,10-14H,9H2,(H,29,32)(H,26,30,31). The number of benzene rings is 2. The van der Waals surface area contributed by atoms with Crippen molar-refractivity contribution in [2.45, 2.75) is 6.42 Å². The summed E-state index contributed by atoms with van der Waals surface area (Å²) < 4.78 is 1.01. The van der Waals surface area contributed by atoms with Gasteiger partial charge in [0.25, 0.3) is 0 Å². The second-order valence-corrected chi connectivity index (χ2v) is 8.86. The van der Waals surface area contributed by atoms with E-state index in [1.165, 1.54) is 11.3 Å². The van der Waals surface area contributed by atoms with Crippen LogP contribution in [0.25, 0.3) is 32.4 Å². The average molecular weight is 464 g/mol. The highest BCUT2D eigenvalue weighted by Gasteiger charge is 2.13. The number of fused-ring (bicyclic) bond motifs is 2. The van der Waals surface area contributed by atoms with E-state index in [1.807, 2.05) is 54.6 Å². The first-order valence-corrected chi connectivity index (χ1v) is 11.4. The number of carbonyl (C=O) groups excluding carboxylic acids is 1. The molecule has 6 aromatic rings. The van der Waals surface area contributed by atoms with Crippen molar-refractivity contribution in [2.75, 3.05) is 5.32 Å². The number of aromatic amines is 1. The van der Waals surface area contributed by atoms with Gasteiger partial charge >= 0.3 is 0 Å². The number of H-pyrrole nitrogens is 1. The van der Waals surface area contributed by atoms with Gasteiger partial charge in [0.1, 0.15) is 5.82 Å². The number of hydrogen-bond acceptors (Lipinski definition) is 8. The van der Waals surface area contributed by atoms with Crippen molar-refractivity contribution in [3.05, 3.63) is 89.8 Å². The molecule has 0 amide bonds. The first-order chi connectivity index (χ1) is 16.7. The van der Waals surface area contributed by atoms with Gasteiger partial charge in [-0.25, -0.2) is 9.97 Å². The summed E-state index contributed by atoms with van der Waals surface area (Å²) in [4.78, 5) is 22.6. The third-order valence-corrected chi connectivity index (χ3v) is 6.57. The predicted octanol–water partition coefficient (Wildman–Crippen LogP) is 5.19. The minimum Gasteiger partial charge on any atom is -0.340 e. The van der Waals surface area contributed by atoms with Crippen LogP contribution in [-0.4, -0.2) is 36.1 Å². The van der Waals surface area contributed by atoms with Gasteiger partial charge in [-0.1, -0.05) is 12.1 Å². The average Bonchev–Trinajstić information content (AvgIpc) is 3.51. The van der Waals surface area contributed by atoms with Gasteiger partial charge in [0, 0.05) is 40.2 Å². The molecule has 0 aliphatic carbocycles. The van der Waals surface area contributed by atoms with Crippen molar-refractivity contribution >= 4 is 49.6 Å². The molecular formula is C25H17N7OS. The van der Waals surface area contributed by atoms with Gasteiger partial charge in [-0.05, 0) is 53.4 Å². The third kappa shape index (κ3) is 4.00. The summed E-state index contributed by atoms with van der Waals surface area (Å²) >= 11 is 1.48. The molecule has 6 rings (SSSR count). The minimum absolute atomic E-state index is 0.0628. The summed E-state index contributed by atoms with van der Waals surface area (Å²) in [5, 5.41) is 20.0. The number of carbonyl (C=O) groups is 1. The highest BCUT2D eigenvalue weighted by Crippen LogP contribution is 2.31. The molecule has 0 radical (unpaired) electrons. The molecule has 8 nitrogen and oxygen atoms in total. The van der Waals surface area contributed by atoms with Crippen LogP contribution in [0.1, 0.15) is 15.2 Å². The summed E-state index contributed by atoms with van der Waals surface area (Å²) in [6.45, 7) is 0. The Balaban J connectivity index is 1.25. The lowest BCUT2D eigenvalue weighted by molar-refractivity contribution is 0.0996. The summed E-state index contributed by atoms with van der Waals surface area (Å²) in [7, 11) is 0. The molecule has 0 spiro atoms. The normalized spacial score (nSPS) is 11.2. The third-order valence-electron chi connectivity index (χ3n) is 5.43. The monoisotopic (exact) mass is 463 g/mol. The zero-order valence-corrected chi connectivity index (χ0v) is 18.6. The van der Waals surface area contributed by atoms with Crippen molar-refractivity contribution < 1.29 is 4.79 Å². The molecule has 9 heteroatoms. The van der Waals surface area contributed by atoms with Crippen LogP contribution >= 0.6 is 11.3 Å². The number of anilines is 2. The Morgan fingerprint density at radius 3 is 2.82 bits per heavy atom. The van der Waals surface area contributed by atoms with Crippen LogP contribution in [0.3, 0.4) is 0 Å². The van der Waals surface area contributed by atoms with Gasteiger partial charge in [-0.2, -0.15) is 15.3 Å². The first kappa shape index (κ1) is 20.1. The highest BCUT2D eigenvalue weighted by molar-refractivity contribution is 7.20. The van der Waals surface area contributed by atoms with E-state index in [-0.39, 0.29) is 5.78 Å². The molecular weight excluding hydrogens is 446 g/mol. The lowest BCUT2D eigenvalue weighted by Gasteiger charge is -2.07. The lowest BCUT2D eigenvalue weighted by atomic mass is 10.1. The van der Waals surface area contributed by atoms with Gasteiger partial charge in [0.05, 0.1) is 22.8 Å². The SMILES string of the molecule is O=C(Cc1ccnnc1)c1cc2ccc(-c3nccc(Nc4ccc5[nH]ncc5c4)n3)cc2s1. The molecule has 0 saturated carbocycles. The van der Waals surface area contributed by atoms with Gasteiger partial charge in [0.15, 0.2) is 11.6 Å². The Morgan fingerprint density at radius 1 is 0.941 bits per heavy atom. The van der Waals surface area contributed by atoms with E-state index >= 15 is 0 Å². The van der Waals surface area contributed by atoms with E-state index in [2.05, 4.69) is 35.7 Å². The summed E-state index contributed by atoms with van der Waals surface area (Å²) in [5.41, 5.74) is 3.64. The quantitative estimate of drug-likeness (QED) is 0.327. The molecule has 0 atom stereocenters. The fraction of sp³-hybridized carbons (Fsp3) is 0.0400. The zero-order chi connectivity index (χ0) is 22.9. The Kier molecular flexibility index (Phi) is 5.00. The van der Waals surface area contributed by atoms with E-state index in [0.29, 0.717) is 18.1 Å². The molecule has 34 heavy (non-hydrogen) atoms. The molecule has 0 aliphatic heterocycles. The maximum Gasteiger partial charge on any atom is 0.177 e.